The van der Waals surface area contributed by atoms with Crippen LogP contribution in [-0.2, 0) is 39.9 Å². The molecule has 0 saturated carbocycles. The van der Waals surface area contributed by atoms with Crippen LogP contribution in [0.1, 0.15) is 285 Å². The van der Waals surface area contributed by atoms with Crippen LogP contribution >= 0.6 is 59.4 Å². The third-order valence-electron chi connectivity index (χ3n) is 13.8. The number of nitrogens with zero attached hydrogens (tertiary/aromatic N) is 2. The zero-order valence-electron chi connectivity index (χ0n) is 56.6. The van der Waals surface area contributed by atoms with Crippen LogP contribution in [0.15, 0.2) is 110 Å². The predicted molar refractivity (Wildman–Crippen MR) is 387 cm³/mol. The van der Waals surface area contributed by atoms with E-state index in [9.17, 15) is 19.2 Å². The van der Waals surface area contributed by atoms with Crippen molar-refractivity contribution in [3.63, 3.8) is 0 Å². The maximum atomic E-state index is 11.2. The predicted octanol–water partition coefficient (Wildman–Crippen LogP) is 19.5. The van der Waals surface area contributed by atoms with Gasteiger partial charge in [0.15, 0.2) is 12.4 Å². The van der Waals surface area contributed by atoms with E-state index in [4.69, 9.17) is 30.9 Å². The number of pyridine rings is 2. The number of hydrogen-bond acceptors (Lipinski definition) is 9. The Morgan fingerprint density at radius 3 is 0.798 bits per heavy atom. The normalized spacial score (nSPS) is 10.0. The molecule has 0 fully saturated rings. The van der Waals surface area contributed by atoms with E-state index in [2.05, 4.69) is 114 Å². The van der Waals surface area contributed by atoms with Gasteiger partial charge in [0, 0.05) is 75.8 Å². The lowest BCUT2D eigenvalue weighted by molar-refractivity contribution is -0.697. The van der Waals surface area contributed by atoms with Crippen LogP contribution in [0.25, 0.3) is 0 Å². The molecule has 15 heteroatoms. The third-order valence-corrected chi connectivity index (χ3v) is 15.8. The summed E-state index contributed by atoms with van der Waals surface area (Å²) in [5.74, 6) is -0.785. The second-order valence-electron chi connectivity index (χ2n) is 22.9. The number of hydrogen-bond donors (Lipinski definition) is 1. The zero-order chi connectivity index (χ0) is 66.0. The van der Waals surface area contributed by atoms with Gasteiger partial charge in [-0.25, -0.2) is 19.0 Å². The Kier molecular flexibility index (Phi) is 87.3. The van der Waals surface area contributed by atoms with E-state index < -0.39 is 5.24 Å². The number of esters is 3. The number of aromatic nitrogens is 2. The minimum Gasteiger partial charge on any atom is -1.00 e. The molecule has 0 aliphatic carbocycles. The number of alkyl halides is 3. The molecule has 0 spiro atoms. The van der Waals surface area contributed by atoms with E-state index in [0.717, 1.165) is 67.5 Å². The van der Waals surface area contributed by atoms with Gasteiger partial charge in [0.1, 0.15) is 6.54 Å². The molecule has 89 heavy (non-hydrogen) atoms. The fraction of sp³-hybridized carbons (Fsp3) is 0.703. The number of carbonyl (C=O) groups excluding carboxylic acids is 4. The Labute approximate surface area is 586 Å². The number of ether oxygens (including phenoxy) is 3. The average Bonchev–Trinajstić information content (AvgIpc) is 3.53. The van der Waals surface area contributed by atoms with Crippen molar-refractivity contribution in [1.82, 2.24) is 4.98 Å². The molecule has 0 aromatic carbocycles. The summed E-state index contributed by atoms with van der Waals surface area (Å²) >= 11 is 15.2. The minimum atomic E-state index is -0.463. The Hall–Kier alpha value is -2.49. The smallest absolute Gasteiger partial charge is 0.333 e. The summed E-state index contributed by atoms with van der Waals surface area (Å²) in [6.45, 7) is 23.7. The largest absolute Gasteiger partial charge is 1.00 e. The molecular weight excluding hydrogens is 1400 g/mol. The van der Waals surface area contributed by atoms with Gasteiger partial charge >= 0.3 is 17.9 Å². The highest BCUT2D eigenvalue weighted by molar-refractivity contribution is 9.09. The molecule has 0 atom stereocenters. The highest BCUT2D eigenvalue weighted by Crippen LogP contribution is 2.15. The van der Waals surface area contributed by atoms with Gasteiger partial charge in [-0.15, -0.1) is 0 Å². The summed E-state index contributed by atoms with van der Waals surface area (Å²) in [6.07, 6.45) is 59.3. The molecule has 10 nitrogen and oxygen atoms in total. The molecule has 0 unspecified atom stereocenters. The topological polar surface area (TPSA) is 133 Å². The fourth-order valence-corrected chi connectivity index (χ4v) is 9.60. The number of unbranched alkanes of at least 4 members (excludes halogenated alkanes) is 36. The number of aliphatic hydroxyl groups excluding tert-OH is 1. The first-order valence-electron chi connectivity index (χ1n) is 34.0. The van der Waals surface area contributed by atoms with Gasteiger partial charge in [-0.3, -0.25) is 9.78 Å². The lowest BCUT2D eigenvalue weighted by Gasteiger charge is -2.04. The van der Waals surface area contributed by atoms with Gasteiger partial charge in [0.05, 0.1) is 19.8 Å². The lowest BCUT2D eigenvalue weighted by Crippen LogP contribution is -3.00. The van der Waals surface area contributed by atoms with Crippen LogP contribution in [0.4, 0.5) is 0 Å². The molecule has 0 aliphatic rings. The van der Waals surface area contributed by atoms with Gasteiger partial charge in [-0.1, -0.05) is 285 Å². The SMILES string of the molecule is C=C(C)C(=O)Cl.C=C(C)C(=O)OCCCCCCCCCCCCBr.C=C(C)C(=O)OCCCCCCCCCCCCBr.C=C(C)C(=O)OCCCCCCCCCCCC[n+]1ccccc1.OCCCCCCCCCCCCBr.[Br-].c1ccncc1. The maximum Gasteiger partial charge on any atom is 0.333 e. The number of aliphatic hydroxyl groups is 1. The number of allylic oxidation sites excluding steroid dienone is 1. The number of carbonyl (C=O) groups is 4. The fourth-order valence-electron chi connectivity index (χ4n) is 8.41. The molecule has 0 aliphatic heterocycles. The quantitative estimate of drug-likeness (QED) is 0.0131. The van der Waals surface area contributed by atoms with E-state index in [-0.39, 0.29) is 34.9 Å². The van der Waals surface area contributed by atoms with Crippen LogP contribution in [0.5, 0.6) is 0 Å². The standard InChI is InChI=1S/C21H34NO2.2C16H29BrO2.C12H25BrO.C5H5N.C4H5ClO.BrH/c1-20(2)21(23)24-19-15-10-8-6-4-3-5-7-9-12-16-22-17-13-11-14-18-22;2*1-15(2)16(18)19-14-12-10-8-6-4-3-5-7-9-11-13-17;13-11-9-7-5-3-1-2-4-6-8-10-12-14;1-2-4-6-5-3-1;1-3(2)4(5)6;/h11,13-14,17-18H,1,3-10,12,15-16,19H2,2H3;2*1,3-14H2,2H3;14H,1-12H2;1-5H;1H2,2H3;1H/q+1;;;;;;/p-1. The minimum absolute atomic E-state index is 0. The molecular formula is C74H127Br4ClN2O8. The third kappa shape index (κ3) is 87.6. The van der Waals surface area contributed by atoms with Crippen molar-refractivity contribution in [1.29, 1.82) is 0 Å². The average molecular weight is 1530 g/mol. The molecule has 2 rings (SSSR count). The molecule has 2 aromatic heterocycles. The molecule has 0 saturated heterocycles. The first-order valence-corrected chi connectivity index (χ1v) is 37.8. The van der Waals surface area contributed by atoms with Crippen molar-refractivity contribution < 1.29 is 60.0 Å². The van der Waals surface area contributed by atoms with Gasteiger partial charge in [0.25, 0.3) is 0 Å². The molecule has 0 bridgehead atoms. The molecule has 2 aromatic rings. The molecule has 2 heterocycles. The summed E-state index contributed by atoms with van der Waals surface area (Å²) in [5, 5.41) is 11.6. The van der Waals surface area contributed by atoms with Gasteiger partial charge in [-0.05, 0) is 103 Å². The second-order valence-corrected chi connectivity index (χ2v) is 25.6. The van der Waals surface area contributed by atoms with E-state index in [1.54, 1.807) is 40.1 Å². The Morgan fingerprint density at radius 1 is 0.371 bits per heavy atom. The Balaban J connectivity index is -0.000000333. The summed E-state index contributed by atoms with van der Waals surface area (Å²) in [6, 6.07) is 12.0. The lowest BCUT2D eigenvalue weighted by atomic mass is 10.1. The Morgan fingerprint density at radius 2 is 0.596 bits per heavy atom. The van der Waals surface area contributed by atoms with Crippen molar-refractivity contribution in [3.05, 3.63) is 110 Å². The number of rotatable bonds is 52. The van der Waals surface area contributed by atoms with Crippen molar-refractivity contribution in [2.75, 3.05) is 42.4 Å². The van der Waals surface area contributed by atoms with Gasteiger partial charge in [0.2, 0.25) is 5.24 Å². The molecule has 516 valence electrons. The maximum absolute atomic E-state index is 11.2. The molecule has 1 N–H and O–H groups in total. The van der Waals surface area contributed by atoms with Crippen molar-refractivity contribution in [2.24, 2.45) is 0 Å². The zero-order valence-corrected chi connectivity index (χ0v) is 63.7. The highest BCUT2D eigenvalue weighted by atomic mass is 79.9. The van der Waals surface area contributed by atoms with Crippen molar-refractivity contribution >= 4 is 82.5 Å². The first-order chi connectivity index (χ1) is 42.6. The van der Waals surface area contributed by atoms with Crippen LogP contribution in [-0.4, -0.2) is 75.7 Å². The molecule has 0 amide bonds. The Bertz CT molecular complexity index is 1780. The summed E-state index contributed by atoms with van der Waals surface area (Å²) in [4.78, 5) is 47.0. The molecule has 0 radical (unpaired) electrons. The van der Waals surface area contributed by atoms with E-state index in [1.165, 1.54) is 212 Å². The van der Waals surface area contributed by atoms with Crippen LogP contribution in [0.2, 0.25) is 0 Å². The summed E-state index contributed by atoms with van der Waals surface area (Å²) in [5.41, 5.74) is 1.84. The number of aryl methyl sites for hydroxylation is 1. The summed E-state index contributed by atoms with van der Waals surface area (Å²) in [7, 11) is 0. The monoisotopic (exact) mass is 1520 g/mol. The highest BCUT2D eigenvalue weighted by Gasteiger charge is 2.05. The van der Waals surface area contributed by atoms with Crippen LogP contribution in [0, 0.1) is 0 Å². The van der Waals surface area contributed by atoms with Crippen molar-refractivity contribution in [3.8, 4) is 0 Å². The van der Waals surface area contributed by atoms with Gasteiger partial charge < -0.3 is 36.3 Å². The second kappa shape index (κ2) is 81.6. The van der Waals surface area contributed by atoms with Crippen molar-refractivity contribution in [2.45, 2.75) is 291 Å². The van der Waals surface area contributed by atoms with E-state index in [0.29, 0.717) is 48.7 Å². The summed E-state index contributed by atoms with van der Waals surface area (Å²) < 4.78 is 17.4. The van der Waals surface area contributed by atoms with Crippen LogP contribution < -0.4 is 21.5 Å². The van der Waals surface area contributed by atoms with Crippen LogP contribution in [0.3, 0.4) is 0 Å². The van der Waals surface area contributed by atoms with Gasteiger partial charge in [-0.2, -0.15) is 0 Å². The first kappa shape index (κ1) is 95.2. The van der Waals surface area contributed by atoms with E-state index in [1.807, 2.05) is 18.2 Å². The van der Waals surface area contributed by atoms with E-state index >= 15 is 0 Å². The number of halogens is 5.